The van der Waals surface area contributed by atoms with Crippen molar-refractivity contribution >= 4 is 29.5 Å². The smallest absolute Gasteiger partial charge is 0.293 e. The van der Waals surface area contributed by atoms with Crippen LogP contribution in [-0.4, -0.2) is 45.2 Å². The summed E-state index contributed by atoms with van der Waals surface area (Å²) in [6, 6.07) is 4.66. The average molecular weight is 390 g/mol. The molecular weight excluding hydrogens is 368 g/mol. The van der Waals surface area contributed by atoms with E-state index in [1.165, 1.54) is 6.07 Å². The van der Waals surface area contributed by atoms with E-state index in [2.05, 4.69) is 15.5 Å². The first kappa shape index (κ1) is 19.0. The molecule has 1 aliphatic rings. The molecule has 0 bridgehead atoms. The Labute approximate surface area is 161 Å². The number of nitrogens with one attached hydrogen (secondary N) is 2. The van der Waals surface area contributed by atoms with Crippen LogP contribution in [0.25, 0.3) is 0 Å². The maximum Gasteiger partial charge on any atom is 0.293 e. The Morgan fingerprint density at radius 1 is 1.41 bits per heavy atom. The molecule has 10 heteroatoms. The van der Waals surface area contributed by atoms with Crippen LogP contribution in [0.2, 0.25) is 0 Å². The van der Waals surface area contributed by atoms with E-state index < -0.39 is 4.92 Å². The number of benzene rings is 1. The van der Waals surface area contributed by atoms with Gasteiger partial charge in [-0.2, -0.15) is 5.10 Å². The minimum absolute atomic E-state index is 0.0311. The van der Waals surface area contributed by atoms with Crippen molar-refractivity contribution < 1.29 is 9.72 Å². The summed E-state index contributed by atoms with van der Waals surface area (Å²) in [6.07, 6.45) is 2.56. The summed E-state index contributed by atoms with van der Waals surface area (Å²) in [7, 11) is 0. The van der Waals surface area contributed by atoms with Crippen LogP contribution in [-0.2, 0) is 13.0 Å². The molecule has 1 saturated heterocycles. The van der Waals surface area contributed by atoms with E-state index in [-0.39, 0.29) is 17.2 Å². The van der Waals surface area contributed by atoms with Crippen LogP contribution >= 0.6 is 12.2 Å². The number of carbonyl (C=O) groups excluding carboxylic acids is 1. The summed E-state index contributed by atoms with van der Waals surface area (Å²) in [4.78, 5) is 25.4. The van der Waals surface area contributed by atoms with Crippen molar-refractivity contribution in [2.24, 2.45) is 0 Å². The second kappa shape index (κ2) is 8.30. The molecule has 1 aromatic heterocycles. The van der Waals surface area contributed by atoms with Gasteiger partial charge in [0, 0.05) is 44.2 Å². The zero-order valence-electron chi connectivity index (χ0n) is 15.1. The summed E-state index contributed by atoms with van der Waals surface area (Å²) in [6.45, 7) is 4.63. The van der Waals surface area contributed by atoms with Crippen molar-refractivity contribution in [1.82, 2.24) is 20.1 Å². The second-order valence-corrected chi connectivity index (χ2v) is 6.74. The molecule has 1 fully saturated rings. The van der Waals surface area contributed by atoms with E-state index in [1.54, 1.807) is 12.1 Å². The molecule has 9 nitrogen and oxygen atoms in total. The SMILES string of the molecule is CCn1c(CCNC(=O)c2ccc(N3CCCC3)c([N+](=O)[O-])c2)n[nH]c1=S. The minimum atomic E-state index is -0.427. The van der Waals surface area contributed by atoms with Crippen LogP contribution in [0.1, 0.15) is 35.9 Å². The number of hydrogen-bond donors (Lipinski definition) is 2. The molecule has 1 amide bonds. The van der Waals surface area contributed by atoms with Crippen LogP contribution in [0.4, 0.5) is 11.4 Å². The van der Waals surface area contributed by atoms with Crippen LogP contribution in [0.15, 0.2) is 18.2 Å². The van der Waals surface area contributed by atoms with Gasteiger partial charge in [-0.05, 0) is 44.1 Å². The number of aromatic amines is 1. The summed E-state index contributed by atoms with van der Waals surface area (Å²) in [5, 5.41) is 21.1. The Kier molecular flexibility index (Phi) is 5.84. The standard InChI is InChI=1S/C17H22N6O3S/c1-2-22-15(19-20-17(22)27)7-8-18-16(24)12-5-6-13(14(11-12)23(25)26)21-9-3-4-10-21/h5-6,11H,2-4,7-10H2,1H3,(H,18,24)(H,20,27). The Morgan fingerprint density at radius 3 is 2.81 bits per heavy atom. The molecule has 0 unspecified atom stereocenters. The predicted octanol–water partition coefficient (Wildman–Crippen LogP) is 2.44. The highest BCUT2D eigenvalue weighted by Crippen LogP contribution is 2.31. The summed E-state index contributed by atoms with van der Waals surface area (Å²) >= 11 is 5.14. The lowest BCUT2D eigenvalue weighted by Crippen LogP contribution is -2.27. The fraction of sp³-hybridized carbons (Fsp3) is 0.471. The van der Waals surface area contributed by atoms with Gasteiger partial charge in [-0.3, -0.25) is 20.0 Å². The van der Waals surface area contributed by atoms with E-state index in [9.17, 15) is 14.9 Å². The van der Waals surface area contributed by atoms with Crippen molar-refractivity contribution in [3.63, 3.8) is 0 Å². The van der Waals surface area contributed by atoms with E-state index in [1.807, 2.05) is 16.4 Å². The minimum Gasteiger partial charge on any atom is -0.366 e. The molecule has 27 heavy (non-hydrogen) atoms. The Hall–Kier alpha value is -2.75. The highest BCUT2D eigenvalue weighted by Gasteiger charge is 2.23. The van der Waals surface area contributed by atoms with E-state index in [4.69, 9.17) is 12.2 Å². The zero-order valence-corrected chi connectivity index (χ0v) is 15.9. The number of hydrogen-bond acceptors (Lipinski definition) is 6. The van der Waals surface area contributed by atoms with Gasteiger partial charge in [-0.1, -0.05) is 0 Å². The first-order valence-electron chi connectivity index (χ1n) is 8.97. The Balaban J connectivity index is 1.68. The van der Waals surface area contributed by atoms with Crippen molar-refractivity contribution in [2.45, 2.75) is 32.7 Å². The number of rotatable bonds is 7. The van der Waals surface area contributed by atoms with Crippen molar-refractivity contribution in [2.75, 3.05) is 24.5 Å². The molecule has 1 aromatic carbocycles. The van der Waals surface area contributed by atoms with E-state index in [0.717, 1.165) is 31.8 Å². The van der Waals surface area contributed by atoms with Gasteiger partial charge in [0.15, 0.2) is 4.77 Å². The number of anilines is 1. The molecule has 0 radical (unpaired) electrons. The first-order valence-corrected chi connectivity index (χ1v) is 9.37. The molecule has 1 aliphatic heterocycles. The van der Waals surface area contributed by atoms with Gasteiger partial charge in [-0.15, -0.1) is 0 Å². The highest BCUT2D eigenvalue weighted by atomic mass is 32.1. The summed E-state index contributed by atoms with van der Waals surface area (Å²) in [5.41, 5.74) is 0.822. The third kappa shape index (κ3) is 4.16. The third-order valence-electron chi connectivity index (χ3n) is 4.67. The fourth-order valence-electron chi connectivity index (χ4n) is 3.29. The molecule has 2 heterocycles. The number of nitro groups is 1. The lowest BCUT2D eigenvalue weighted by atomic mass is 10.1. The monoisotopic (exact) mass is 390 g/mol. The number of carbonyl (C=O) groups is 1. The van der Waals surface area contributed by atoms with Crippen LogP contribution in [0.5, 0.6) is 0 Å². The van der Waals surface area contributed by atoms with E-state index >= 15 is 0 Å². The Morgan fingerprint density at radius 2 is 2.15 bits per heavy atom. The maximum atomic E-state index is 12.4. The molecule has 0 saturated carbocycles. The lowest BCUT2D eigenvalue weighted by Gasteiger charge is -2.17. The number of amides is 1. The molecule has 2 N–H and O–H groups in total. The summed E-state index contributed by atoms with van der Waals surface area (Å²) < 4.78 is 2.41. The highest BCUT2D eigenvalue weighted by molar-refractivity contribution is 7.71. The van der Waals surface area contributed by atoms with Gasteiger partial charge in [-0.25, -0.2) is 0 Å². The summed E-state index contributed by atoms with van der Waals surface area (Å²) in [5.74, 6) is 0.418. The van der Waals surface area contributed by atoms with Gasteiger partial charge in [0.25, 0.3) is 11.6 Å². The van der Waals surface area contributed by atoms with Gasteiger partial charge >= 0.3 is 0 Å². The molecule has 144 valence electrons. The number of H-pyrrole nitrogens is 1. The quantitative estimate of drug-likeness (QED) is 0.427. The third-order valence-corrected chi connectivity index (χ3v) is 4.98. The van der Waals surface area contributed by atoms with E-state index in [0.29, 0.717) is 30.0 Å². The molecular formula is C17H22N6O3S. The van der Waals surface area contributed by atoms with Gasteiger partial charge < -0.3 is 14.8 Å². The van der Waals surface area contributed by atoms with Crippen LogP contribution in [0, 0.1) is 14.9 Å². The molecule has 3 rings (SSSR count). The van der Waals surface area contributed by atoms with Crippen molar-refractivity contribution in [3.05, 3.63) is 44.5 Å². The lowest BCUT2D eigenvalue weighted by molar-refractivity contribution is -0.384. The normalized spacial score (nSPS) is 13.7. The van der Waals surface area contributed by atoms with Gasteiger partial charge in [0.2, 0.25) is 0 Å². The largest absolute Gasteiger partial charge is 0.366 e. The molecule has 0 aliphatic carbocycles. The average Bonchev–Trinajstić information content (AvgIpc) is 3.31. The van der Waals surface area contributed by atoms with Gasteiger partial charge in [0.05, 0.1) is 4.92 Å². The topological polar surface area (TPSA) is 109 Å². The van der Waals surface area contributed by atoms with Crippen LogP contribution in [0.3, 0.4) is 0 Å². The van der Waals surface area contributed by atoms with Crippen molar-refractivity contribution in [1.29, 1.82) is 0 Å². The fourth-order valence-corrected chi connectivity index (χ4v) is 3.57. The van der Waals surface area contributed by atoms with Gasteiger partial charge in [0.1, 0.15) is 11.5 Å². The molecule has 2 aromatic rings. The molecule has 0 spiro atoms. The maximum absolute atomic E-state index is 12.4. The zero-order chi connectivity index (χ0) is 19.4. The second-order valence-electron chi connectivity index (χ2n) is 6.35. The number of nitrogens with zero attached hydrogens (tertiary/aromatic N) is 4. The van der Waals surface area contributed by atoms with Crippen molar-refractivity contribution in [3.8, 4) is 0 Å². The predicted molar refractivity (Wildman–Crippen MR) is 104 cm³/mol. The molecule has 0 atom stereocenters. The van der Waals surface area contributed by atoms with Crippen LogP contribution < -0.4 is 10.2 Å². The number of aromatic nitrogens is 3. The Bertz CT molecular complexity index is 900. The first-order chi connectivity index (χ1) is 13.0. The number of nitro benzene ring substituents is 1.